The van der Waals surface area contributed by atoms with Crippen molar-refractivity contribution in [1.29, 1.82) is 0 Å². The molecular weight excluding hydrogens is 315 g/mol. The zero-order chi connectivity index (χ0) is 13.7. The average Bonchev–Trinajstić information content (AvgIpc) is 2.66. The van der Waals surface area contributed by atoms with Crippen LogP contribution in [0.15, 0.2) is 3.79 Å². The van der Waals surface area contributed by atoms with E-state index in [1.165, 1.54) is 0 Å². The van der Waals surface area contributed by atoms with Crippen LogP contribution in [0.3, 0.4) is 0 Å². The van der Waals surface area contributed by atoms with Crippen LogP contribution >= 0.6 is 27.3 Å². The Kier molecular flexibility index (Phi) is 3.55. The summed E-state index contributed by atoms with van der Waals surface area (Å²) in [6, 6.07) is 0. The van der Waals surface area contributed by atoms with E-state index < -0.39 is 7.12 Å². The van der Waals surface area contributed by atoms with Crippen LogP contribution in [0.5, 0.6) is 0 Å². The van der Waals surface area contributed by atoms with Gasteiger partial charge in [-0.25, -0.2) is 4.98 Å². The summed E-state index contributed by atoms with van der Waals surface area (Å²) in [4.78, 5) is 6.55. The quantitative estimate of drug-likeness (QED) is 0.778. The largest absolute Gasteiger partial charge is 0.516 e. The van der Waals surface area contributed by atoms with Crippen LogP contribution in [-0.2, 0) is 9.31 Å². The minimum Gasteiger partial charge on any atom is -0.398 e. The lowest BCUT2D eigenvalue weighted by Gasteiger charge is -2.32. The fourth-order valence-electron chi connectivity index (χ4n) is 1.59. The molecule has 0 unspecified atom stereocenters. The zero-order valence-corrected chi connectivity index (χ0v) is 14.0. The summed E-state index contributed by atoms with van der Waals surface area (Å²) in [5.41, 5.74) is 0.153. The molecule has 1 fully saturated rings. The van der Waals surface area contributed by atoms with Gasteiger partial charge < -0.3 is 14.2 Å². The topological polar surface area (TPSA) is 34.6 Å². The molecule has 18 heavy (non-hydrogen) atoms. The smallest absolute Gasteiger partial charge is 0.398 e. The lowest BCUT2D eigenvalue weighted by molar-refractivity contribution is 0.00578. The van der Waals surface area contributed by atoms with E-state index in [0.717, 1.165) is 14.5 Å². The van der Waals surface area contributed by atoms with Gasteiger partial charge in [-0.15, -0.1) is 0 Å². The SMILES string of the molecule is CN(C)c1nc(B2OC(C)(C)C(C)(C)O2)c(Br)s1. The Bertz CT molecular complexity index is 446. The van der Waals surface area contributed by atoms with Crippen molar-refractivity contribution in [3.63, 3.8) is 0 Å². The Morgan fingerprint density at radius 1 is 1.17 bits per heavy atom. The Hall–Kier alpha value is -0.105. The number of hydrogen-bond donors (Lipinski definition) is 0. The van der Waals surface area contributed by atoms with Gasteiger partial charge in [-0.05, 0) is 43.6 Å². The van der Waals surface area contributed by atoms with Gasteiger partial charge in [0.1, 0.15) is 0 Å². The monoisotopic (exact) mass is 332 g/mol. The second-order valence-electron chi connectivity index (χ2n) is 5.64. The van der Waals surface area contributed by atoms with Crippen molar-refractivity contribution < 1.29 is 9.31 Å². The van der Waals surface area contributed by atoms with Crippen LogP contribution in [0, 0.1) is 0 Å². The van der Waals surface area contributed by atoms with Crippen molar-refractivity contribution in [2.75, 3.05) is 19.0 Å². The number of thiazole rings is 1. The van der Waals surface area contributed by atoms with Crippen molar-refractivity contribution in [1.82, 2.24) is 4.98 Å². The molecule has 0 atom stereocenters. The molecule has 1 aromatic rings. The van der Waals surface area contributed by atoms with Crippen LogP contribution in [0.25, 0.3) is 0 Å². The molecule has 0 N–H and O–H groups in total. The number of halogens is 1. The van der Waals surface area contributed by atoms with E-state index in [1.807, 2.05) is 46.7 Å². The summed E-state index contributed by atoms with van der Waals surface area (Å²) < 4.78 is 13.0. The minimum absolute atomic E-state index is 0.334. The summed E-state index contributed by atoms with van der Waals surface area (Å²) in [7, 11) is 3.54. The number of aromatic nitrogens is 1. The molecule has 1 aliphatic rings. The first-order valence-electron chi connectivity index (χ1n) is 5.83. The fraction of sp³-hybridized carbons (Fsp3) is 0.727. The second-order valence-corrected chi connectivity index (χ2v) is 7.93. The van der Waals surface area contributed by atoms with Gasteiger partial charge in [0.2, 0.25) is 0 Å². The molecule has 1 aliphatic heterocycles. The molecule has 1 saturated heterocycles. The molecule has 0 aliphatic carbocycles. The second kappa shape index (κ2) is 4.47. The van der Waals surface area contributed by atoms with Crippen LogP contribution in [0.2, 0.25) is 0 Å². The lowest BCUT2D eigenvalue weighted by Crippen LogP contribution is -2.41. The fourth-order valence-corrected chi connectivity index (χ4v) is 3.04. The molecule has 4 nitrogen and oxygen atoms in total. The molecule has 0 spiro atoms. The predicted octanol–water partition coefficient (Wildman–Crippen LogP) is 2.27. The molecule has 0 aromatic carbocycles. The van der Waals surface area contributed by atoms with Crippen molar-refractivity contribution in [3.8, 4) is 0 Å². The van der Waals surface area contributed by atoms with Gasteiger partial charge in [0, 0.05) is 14.1 Å². The first kappa shape index (κ1) is 14.3. The standard InChI is InChI=1S/C11H18BBrN2O2S/c1-10(2)11(3,4)17-12(16-10)7-8(13)18-9(14-7)15(5)6/h1-6H3. The van der Waals surface area contributed by atoms with Crippen LogP contribution in [0.4, 0.5) is 5.13 Å². The first-order valence-corrected chi connectivity index (χ1v) is 7.44. The van der Waals surface area contributed by atoms with Gasteiger partial charge in [0.05, 0.1) is 20.6 Å². The van der Waals surface area contributed by atoms with E-state index in [4.69, 9.17) is 9.31 Å². The van der Waals surface area contributed by atoms with E-state index in [0.29, 0.717) is 0 Å². The van der Waals surface area contributed by atoms with Gasteiger partial charge in [-0.2, -0.15) is 0 Å². The summed E-state index contributed by atoms with van der Waals surface area (Å²) >= 11 is 5.12. The summed E-state index contributed by atoms with van der Waals surface area (Å²) in [5.74, 6) is 0. The Morgan fingerprint density at radius 2 is 1.67 bits per heavy atom. The van der Waals surface area contributed by atoms with Crippen molar-refractivity contribution in [2.45, 2.75) is 38.9 Å². The van der Waals surface area contributed by atoms with Gasteiger partial charge >= 0.3 is 7.12 Å². The highest BCUT2D eigenvalue weighted by Gasteiger charge is 2.53. The predicted molar refractivity (Wildman–Crippen MR) is 79.9 cm³/mol. The number of nitrogens with zero attached hydrogens (tertiary/aromatic N) is 2. The third-order valence-corrected chi connectivity index (χ3v) is 5.38. The maximum atomic E-state index is 6.00. The van der Waals surface area contributed by atoms with Crippen LogP contribution in [-0.4, -0.2) is 37.4 Å². The van der Waals surface area contributed by atoms with Crippen LogP contribution in [0.1, 0.15) is 27.7 Å². The lowest BCUT2D eigenvalue weighted by atomic mass is 9.86. The average molecular weight is 333 g/mol. The van der Waals surface area contributed by atoms with E-state index in [9.17, 15) is 0 Å². The molecule has 1 aromatic heterocycles. The molecule has 0 radical (unpaired) electrons. The zero-order valence-electron chi connectivity index (χ0n) is 11.6. The molecule has 100 valence electrons. The first-order chi connectivity index (χ1) is 8.14. The van der Waals surface area contributed by atoms with E-state index in [1.54, 1.807) is 11.3 Å². The molecule has 2 heterocycles. The maximum Gasteiger partial charge on any atom is 0.516 e. The van der Waals surface area contributed by atoms with Gasteiger partial charge in [0.25, 0.3) is 0 Å². The van der Waals surface area contributed by atoms with E-state index in [-0.39, 0.29) is 11.2 Å². The highest BCUT2D eigenvalue weighted by Crippen LogP contribution is 2.37. The Labute approximate surface area is 121 Å². The van der Waals surface area contributed by atoms with E-state index in [2.05, 4.69) is 20.9 Å². The molecule has 7 heteroatoms. The highest BCUT2D eigenvalue weighted by molar-refractivity contribution is 9.11. The minimum atomic E-state index is -0.408. The van der Waals surface area contributed by atoms with Gasteiger partial charge in [0.15, 0.2) is 5.13 Å². The molecule has 0 amide bonds. The third-order valence-electron chi connectivity index (χ3n) is 3.46. The van der Waals surface area contributed by atoms with Crippen molar-refractivity contribution in [3.05, 3.63) is 3.79 Å². The summed E-state index contributed by atoms with van der Waals surface area (Å²) in [5, 5.41) is 0.937. The van der Waals surface area contributed by atoms with Crippen molar-refractivity contribution in [2.24, 2.45) is 0 Å². The van der Waals surface area contributed by atoms with Crippen LogP contribution < -0.4 is 10.5 Å². The van der Waals surface area contributed by atoms with E-state index >= 15 is 0 Å². The Morgan fingerprint density at radius 3 is 2.06 bits per heavy atom. The molecule has 0 saturated carbocycles. The molecule has 2 rings (SSSR count). The number of hydrogen-bond acceptors (Lipinski definition) is 5. The molecular formula is C11H18BBrN2O2S. The summed E-state index contributed by atoms with van der Waals surface area (Å²) in [6.07, 6.45) is 0. The normalized spacial score (nSPS) is 21.4. The third kappa shape index (κ3) is 2.33. The van der Waals surface area contributed by atoms with Gasteiger partial charge in [-0.3, -0.25) is 0 Å². The maximum absolute atomic E-state index is 6.00. The number of anilines is 1. The summed E-state index contributed by atoms with van der Waals surface area (Å²) in [6.45, 7) is 8.17. The molecule has 0 bridgehead atoms. The van der Waals surface area contributed by atoms with Gasteiger partial charge in [-0.1, -0.05) is 11.3 Å². The van der Waals surface area contributed by atoms with Crippen molar-refractivity contribution >= 4 is 45.1 Å². The Balaban J connectivity index is 2.30. The highest BCUT2D eigenvalue weighted by atomic mass is 79.9. The number of rotatable bonds is 2.